The fraction of sp³-hybridized carbons (Fsp3) is 0.462. The number of thiophene rings is 1. The summed E-state index contributed by atoms with van der Waals surface area (Å²) in [6.07, 6.45) is 3.95. The van der Waals surface area contributed by atoms with Crippen LogP contribution in [0, 0.1) is 2.88 Å². The summed E-state index contributed by atoms with van der Waals surface area (Å²) < 4.78 is 3.30. The first-order chi connectivity index (χ1) is 9.13. The van der Waals surface area contributed by atoms with E-state index in [0.717, 1.165) is 18.5 Å². The first-order valence-corrected chi connectivity index (χ1v) is 8.34. The van der Waals surface area contributed by atoms with Crippen LogP contribution in [0.25, 0.3) is 0 Å². The van der Waals surface area contributed by atoms with E-state index < -0.39 is 0 Å². The van der Waals surface area contributed by atoms with Crippen LogP contribution in [0.2, 0.25) is 0 Å². The molecule has 4 nitrogen and oxygen atoms in total. The number of hydrazine groups is 1. The van der Waals surface area contributed by atoms with E-state index in [2.05, 4.69) is 70.7 Å². The van der Waals surface area contributed by atoms with Gasteiger partial charge in [0, 0.05) is 18.7 Å². The van der Waals surface area contributed by atoms with Crippen molar-refractivity contribution in [2.75, 3.05) is 0 Å². The molecule has 0 amide bonds. The molecule has 0 aliphatic carbocycles. The number of aromatic nitrogens is 2. The Morgan fingerprint density at radius 2 is 2.37 bits per heavy atom. The largest absolute Gasteiger partial charge is 0.271 e. The van der Waals surface area contributed by atoms with Crippen molar-refractivity contribution in [1.82, 2.24) is 15.2 Å². The molecule has 0 aromatic carbocycles. The minimum atomic E-state index is 0.125. The number of nitrogens with two attached hydrogens (primary N) is 1. The SMILES string of the molecule is CCC(C)n1ccc(CC(NN)c2csc(I)c2)n1. The Hall–Kier alpha value is -0.440. The molecule has 2 heterocycles. The third-order valence-electron chi connectivity index (χ3n) is 3.31. The third kappa shape index (κ3) is 3.77. The number of nitrogens with zero attached hydrogens (tertiary/aromatic N) is 2. The summed E-state index contributed by atoms with van der Waals surface area (Å²) in [6.45, 7) is 4.35. The van der Waals surface area contributed by atoms with E-state index in [-0.39, 0.29) is 6.04 Å². The lowest BCUT2D eigenvalue weighted by atomic mass is 10.1. The topological polar surface area (TPSA) is 55.9 Å². The molecule has 0 saturated carbocycles. The average Bonchev–Trinajstić information content (AvgIpc) is 3.04. The van der Waals surface area contributed by atoms with Crippen LogP contribution in [0.4, 0.5) is 0 Å². The summed E-state index contributed by atoms with van der Waals surface area (Å²) >= 11 is 4.07. The van der Waals surface area contributed by atoms with Crippen molar-refractivity contribution in [3.8, 4) is 0 Å². The van der Waals surface area contributed by atoms with Crippen LogP contribution in [0.1, 0.15) is 43.6 Å². The van der Waals surface area contributed by atoms with Crippen molar-refractivity contribution in [1.29, 1.82) is 0 Å². The lowest BCUT2D eigenvalue weighted by molar-refractivity contribution is 0.467. The van der Waals surface area contributed by atoms with Gasteiger partial charge >= 0.3 is 0 Å². The van der Waals surface area contributed by atoms with Crippen LogP contribution in [0.3, 0.4) is 0 Å². The van der Waals surface area contributed by atoms with Gasteiger partial charge in [0.2, 0.25) is 0 Å². The molecule has 0 aliphatic heterocycles. The third-order valence-corrected chi connectivity index (χ3v) is 5.12. The number of hydrogen-bond donors (Lipinski definition) is 2. The second kappa shape index (κ2) is 6.83. The standard InChI is InChI=1S/C13H19IN4S/c1-3-9(2)18-5-4-11(17-18)7-12(16-15)10-6-13(14)19-8-10/h4-6,8-9,12,16H,3,7,15H2,1-2H3. The van der Waals surface area contributed by atoms with E-state index in [0.29, 0.717) is 6.04 Å². The van der Waals surface area contributed by atoms with Gasteiger partial charge in [-0.2, -0.15) is 5.10 Å². The lowest BCUT2D eigenvalue weighted by Gasteiger charge is -2.13. The van der Waals surface area contributed by atoms with Gasteiger partial charge < -0.3 is 0 Å². The highest BCUT2D eigenvalue weighted by atomic mass is 127. The van der Waals surface area contributed by atoms with Crippen molar-refractivity contribution in [3.63, 3.8) is 0 Å². The molecule has 0 aliphatic rings. The molecule has 0 fully saturated rings. The molecule has 0 spiro atoms. The smallest absolute Gasteiger partial charge is 0.0656 e. The first kappa shape index (κ1) is 15.0. The highest BCUT2D eigenvalue weighted by Gasteiger charge is 2.14. The number of nitrogens with one attached hydrogen (secondary N) is 1. The van der Waals surface area contributed by atoms with Crippen molar-refractivity contribution in [2.24, 2.45) is 5.84 Å². The number of hydrogen-bond acceptors (Lipinski definition) is 4. The van der Waals surface area contributed by atoms with Gasteiger partial charge in [-0.3, -0.25) is 16.0 Å². The van der Waals surface area contributed by atoms with Gasteiger partial charge in [0.15, 0.2) is 0 Å². The van der Waals surface area contributed by atoms with Crippen LogP contribution >= 0.6 is 33.9 Å². The summed E-state index contributed by atoms with van der Waals surface area (Å²) in [4.78, 5) is 0. The molecule has 19 heavy (non-hydrogen) atoms. The van der Waals surface area contributed by atoms with Gasteiger partial charge in [0.05, 0.1) is 14.6 Å². The van der Waals surface area contributed by atoms with Crippen LogP contribution in [-0.2, 0) is 6.42 Å². The van der Waals surface area contributed by atoms with E-state index in [1.807, 2.05) is 4.68 Å². The number of halogens is 1. The maximum Gasteiger partial charge on any atom is 0.0656 e. The van der Waals surface area contributed by atoms with Crippen LogP contribution in [0.5, 0.6) is 0 Å². The summed E-state index contributed by atoms with van der Waals surface area (Å²) in [5, 5.41) is 6.77. The Bertz CT molecular complexity index is 522. The highest BCUT2D eigenvalue weighted by molar-refractivity contribution is 14.1. The molecule has 2 atom stereocenters. The average molecular weight is 390 g/mol. The van der Waals surface area contributed by atoms with E-state index in [9.17, 15) is 0 Å². The molecule has 2 aromatic heterocycles. The monoisotopic (exact) mass is 390 g/mol. The number of rotatable bonds is 6. The zero-order valence-electron chi connectivity index (χ0n) is 11.1. The summed E-state index contributed by atoms with van der Waals surface area (Å²) in [7, 11) is 0. The van der Waals surface area contributed by atoms with Crippen molar-refractivity contribution < 1.29 is 0 Å². The minimum Gasteiger partial charge on any atom is -0.271 e. The Labute approximate surface area is 131 Å². The zero-order valence-corrected chi connectivity index (χ0v) is 14.1. The van der Waals surface area contributed by atoms with Crippen molar-refractivity contribution >= 4 is 33.9 Å². The Morgan fingerprint density at radius 3 is 2.95 bits per heavy atom. The Kier molecular flexibility index (Phi) is 5.37. The second-order valence-electron chi connectivity index (χ2n) is 4.65. The molecule has 2 rings (SSSR count). The lowest BCUT2D eigenvalue weighted by Crippen LogP contribution is -2.29. The molecular weight excluding hydrogens is 371 g/mol. The highest BCUT2D eigenvalue weighted by Crippen LogP contribution is 2.24. The second-order valence-corrected chi connectivity index (χ2v) is 7.46. The molecule has 104 valence electrons. The van der Waals surface area contributed by atoms with Gasteiger partial charge in [-0.15, -0.1) is 11.3 Å². The first-order valence-electron chi connectivity index (χ1n) is 6.38. The van der Waals surface area contributed by atoms with Crippen molar-refractivity contribution in [3.05, 3.63) is 37.9 Å². The van der Waals surface area contributed by atoms with Gasteiger partial charge in [-0.05, 0) is 59.0 Å². The normalized spacial score (nSPS) is 14.5. The quantitative estimate of drug-likeness (QED) is 0.452. The molecule has 2 aromatic rings. The van der Waals surface area contributed by atoms with Crippen molar-refractivity contribution in [2.45, 2.75) is 38.8 Å². The van der Waals surface area contributed by atoms with Gasteiger partial charge in [-0.25, -0.2) is 0 Å². The molecule has 6 heteroatoms. The van der Waals surface area contributed by atoms with Gasteiger partial charge in [-0.1, -0.05) is 6.92 Å². The Balaban J connectivity index is 2.08. The molecule has 0 saturated heterocycles. The van der Waals surface area contributed by atoms with Crippen LogP contribution in [-0.4, -0.2) is 9.78 Å². The van der Waals surface area contributed by atoms with E-state index >= 15 is 0 Å². The zero-order chi connectivity index (χ0) is 13.8. The fourth-order valence-corrected chi connectivity index (χ4v) is 3.33. The molecule has 0 bridgehead atoms. The summed E-state index contributed by atoms with van der Waals surface area (Å²) in [5.41, 5.74) is 5.19. The van der Waals surface area contributed by atoms with Gasteiger partial charge in [0.1, 0.15) is 0 Å². The van der Waals surface area contributed by atoms with E-state index in [1.165, 1.54) is 8.45 Å². The minimum absolute atomic E-state index is 0.125. The maximum atomic E-state index is 5.67. The molecule has 2 unspecified atom stereocenters. The summed E-state index contributed by atoms with van der Waals surface area (Å²) in [5.74, 6) is 5.67. The maximum absolute atomic E-state index is 5.67. The van der Waals surface area contributed by atoms with E-state index in [1.54, 1.807) is 11.3 Å². The Morgan fingerprint density at radius 1 is 1.58 bits per heavy atom. The molecule has 0 radical (unpaired) electrons. The molecule has 3 N–H and O–H groups in total. The fourth-order valence-electron chi connectivity index (χ4n) is 1.91. The predicted molar refractivity (Wildman–Crippen MR) is 88.0 cm³/mol. The molecular formula is C13H19IN4S. The van der Waals surface area contributed by atoms with Gasteiger partial charge in [0.25, 0.3) is 0 Å². The van der Waals surface area contributed by atoms with Crippen LogP contribution < -0.4 is 11.3 Å². The van der Waals surface area contributed by atoms with E-state index in [4.69, 9.17) is 5.84 Å². The summed E-state index contributed by atoms with van der Waals surface area (Å²) in [6, 6.07) is 4.81. The van der Waals surface area contributed by atoms with Crippen LogP contribution in [0.15, 0.2) is 23.7 Å². The predicted octanol–water partition coefficient (Wildman–Crippen LogP) is 3.27.